The van der Waals surface area contributed by atoms with E-state index in [4.69, 9.17) is 24.2 Å². The van der Waals surface area contributed by atoms with Crippen LogP contribution in [0.25, 0.3) is 11.0 Å². The molecule has 6 fully saturated rings. The number of H-pyrrole nitrogens is 1. The van der Waals surface area contributed by atoms with Gasteiger partial charge in [0.2, 0.25) is 0 Å². The molecule has 0 radical (unpaired) electrons. The molecule has 7 aliphatic rings. The number of aryl methyl sites for hydroxylation is 1. The number of morpholine rings is 2. The number of methoxy groups -OCH3 is 1. The summed E-state index contributed by atoms with van der Waals surface area (Å²) in [7, 11) is -2.90. The van der Waals surface area contributed by atoms with Crippen LogP contribution in [-0.4, -0.2) is 166 Å². The van der Waals surface area contributed by atoms with Gasteiger partial charge in [-0.3, -0.25) is 24.7 Å². The first-order valence-corrected chi connectivity index (χ1v) is 31.8. The van der Waals surface area contributed by atoms with Gasteiger partial charge in [0.15, 0.2) is 17.4 Å². The van der Waals surface area contributed by atoms with E-state index < -0.39 is 37.0 Å². The number of fused-ring (bicyclic) bond motifs is 4. The zero-order valence-corrected chi connectivity index (χ0v) is 49.7. The maximum absolute atomic E-state index is 14.8. The number of nitrogens with one attached hydrogen (secondary N) is 3. The third-order valence-electron chi connectivity index (χ3n) is 19.5. The summed E-state index contributed by atoms with van der Waals surface area (Å²) >= 11 is 0. The standard InChI is InChI=1S/C63H78N12O9S/c1-42-6-4-5-7-50(42)56-40-69(38-44-30-57(82-3)60(66-37-44)71-24-27-83-28-25-71)22-23-72(56)47-34-63(35-47)17-20-70(21-18-63)46-8-10-51(53(32-46)74-39-48-41-84-29-26-73(48)59-55(74)31-45-14-19-64-58(45)67-59)61(76)68-85(80,81)49-9-11-52(54(33-49)75(78)79)65-36-43-12-15-62(2,77)16-13-43/h4-11,14,19,30-33,37,43,47-48,56,65,77H,12-13,15-18,20-29,34-36,38-41H2,1-3H3,(H,64,67)(H,68,76)/t43-,48-,56-,62-/m0/s1. The van der Waals surface area contributed by atoms with Crippen LogP contribution in [0.4, 0.5) is 40.1 Å². The molecule has 3 aromatic carbocycles. The molecule has 22 heteroatoms. The van der Waals surface area contributed by atoms with Gasteiger partial charge in [-0.2, -0.15) is 0 Å². The van der Waals surface area contributed by atoms with E-state index >= 15 is 0 Å². The van der Waals surface area contributed by atoms with Gasteiger partial charge < -0.3 is 49.2 Å². The minimum Gasteiger partial charge on any atom is -0.493 e. The molecule has 6 aromatic rings. The van der Waals surface area contributed by atoms with Crippen molar-refractivity contribution < 1.29 is 37.5 Å². The molecule has 21 nitrogen and oxygen atoms in total. The van der Waals surface area contributed by atoms with Crippen molar-refractivity contribution in [2.24, 2.45) is 11.3 Å². The van der Waals surface area contributed by atoms with E-state index in [-0.39, 0.29) is 34.7 Å². The first kappa shape index (κ1) is 57.0. The van der Waals surface area contributed by atoms with Gasteiger partial charge in [0.25, 0.3) is 21.6 Å². The molecule has 2 saturated carbocycles. The van der Waals surface area contributed by atoms with Crippen molar-refractivity contribution in [3.63, 3.8) is 0 Å². The fourth-order valence-corrected chi connectivity index (χ4v) is 15.6. The fraction of sp³-hybridized carbons (Fsp3) is 0.508. The monoisotopic (exact) mass is 1180 g/mol. The summed E-state index contributed by atoms with van der Waals surface area (Å²) in [6.07, 6.45) is 10.9. The number of benzene rings is 3. The molecular formula is C63H78N12O9S. The molecule has 13 rings (SSSR count). The highest BCUT2D eigenvalue weighted by atomic mass is 32.2. The topological polar surface area (TPSA) is 227 Å². The molecule has 8 heterocycles. The van der Waals surface area contributed by atoms with E-state index in [0.717, 1.165) is 142 Å². The van der Waals surface area contributed by atoms with Crippen LogP contribution in [0.3, 0.4) is 0 Å². The van der Waals surface area contributed by atoms with Gasteiger partial charge in [0.1, 0.15) is 11.3 Å². The lowest BCUT2D eigenvalue weighted by Crippen LogP contribution is -2.59. The maximum atomic E-state index is 14.8. The summed E-state index contributed by atoms with van der Waals surface area (Å²) in [6.45, 7) is 14.8. The maximum Gasteiger partial charge on any atom is 0.293 e. The Kier molecular flexibility index (Phi) is 15.6. The number of pyridine rings is 2. The van der Waals surface area contributed by atoms with E-state index in [9.17, 15) is 28.4 Å². The second kappa shape index (κ2) is 23.3. The van der Waals surface area contributed by atoms with Crippen molar-refractivity contribution in [3.05, 3.63) is 124 Å². The molecule has 1 spiro atoms. The highest BCUT2D eigenvalue weighted by Crippen LogP contribution is 2.54. The van der Waals surface area contributed by atoms with E-state index in [2.05, 4.69) is 87.7 Å². The van der Waals surface area contributed by atoms with Crippen molar-refractivity contribution in [1.82, 2.24) is 29.5 Å². The van der Waals surface area contributed by atoms with Crippen molar-refractivity contribution in [2.75, 3.05) is 124 Å². The summed E-state index contributed by atoms with van der Waals surface area (Å²) in [5, 5.41) is 26.9. The van der Waals surface area contributed by atoms with Crippen LogP contribution >= 0.6 is 0 Å². The molecule has 4 N–H and O–H groups in total. The van der Waals surface area contributed by atoms with Crippen molar-refractivity contribution in [3.8, 4) is 5.75 Å². The summed E-state index contributed by atoms with van der Waals surface area (Å²) in [6, 6.07) is 24.9. The zero-order valence-electron chi connectivity index (χ0n) is 48.9. The lowest BCUT2D eigenvalue weighted by atomic mass is 9.59. The number of aromatic nitrogens is 3. The first-order chi connectivity index (χ1) is 41.1. The number of carbonyl (C=O) groups is 1. The van der Waals surface area contributed by atoms with Gasteiger partial charge >= 0.3 is 0 Å². The Morgan fingerprint density at radius 1 is 0.871 bits per heavy atom. The van der Waals surface area contributed by atoms with E-state index in [1.165, 1.54) is 23.3 Å². The van der Waals surface area contributed by atoms with Crippen LogP contribution < -0.4 is 34.4 Å². The molecule has 85 heavy (non-hydrogen) atoms. The number of piperazine rings is 1. The third kappa shape index (κ3) is 11.6. The average Bonchev–Trinajstić information content (AvgIpc) is 2.69. The van der Waals surface area contributed by atoms with Crippen LogP contribution in [0.5, 0.6) is 5.75 Å². The summed E-state index contributed by atoms with van der Waals surface area (Å²) < 4.78 is 48.4. The molecule has 5 aliphatic heterocycles. The number of sulfonamides is 1. The Hall–Kier alpha value is -7.08. The number of aromatic amines is 1. The van der Waals surface area contributed by atoms with Crippen LogP contribution in [-0.2, 0) is 26.0 Å². The van der Waals surface area contributed by atoms with Gasteiger partial charge in [0, 0.05) is 114 Å². The Balaban J connectivity index is 0.732. The Labute approximate surface area is 496 Å². The normalized spacial score (nSPS) is 24.0. The Morgan fingerprint density at radius 2 is 1.66 bits per heavy atom. The second-order valence-corrected chi connectivity index (χ2v) is 26.7. The number of nitro benzene ring substituents is 1. The number of aliphatic hydroxyl groups is 1. The van der Waals surface area contributed by atoms with E-state index in [1.807, 2.05) is 37.5 Å². The zero-order chi connectivity index (χ0) is 58.6. The Bertz CT molecular complexity index is 3570. The highest BCUT2D eigenvalue weighted by Gasteiger charge is 2.50. The third-order valence-corrected chi connectivity index (χ3v) is 20.9. The largest absolute Gasteiger partial charge is 0.493 e. The molecule has 0 bridgehead atoms. The number of ether oxygens (including phenoxy) is 3. The van der Waals surface area contributed by atoms with E-state index in [1.54, 1.807) is 13.2 Å². The van der Waals surface area contributed by atoms with Gasteiger partial charge in [-0.05, 0) is 142 Å². The molecule has 3 aromatic heterocycles. The average molecular weight is 1180 g/mol. The van der Waals surface area contributed by atoms with Gasteiger partial charge in [0.05, 0.1) is 71.9 Å². The number of piperidine rings is 1. The van der Waals surface area contributed by atoms with Crippen LogP contribution in [0, 0.1) is 28.4 Å². The number of hydrogen-bond donors (Lipinski definition) is 4. The first-order valence-electron chi connectivity index (χ1n) is 30.3. The van der Waals surface area contributed by atoms with Crippen molar-refractivity contribution in [2.45, 2.75) is 100 Å². The number of nitrogens with zero attached hydrogens (tertiary/aromatic N) is 9. The number of carbonyl (C=O) groups excluding carboxylic acids is 1. The van der Waals surface area contributed by atoms with Crippen LogP contribution in [0.15, 0.2) is 96.2 Å². The van der Waals surface area contributed by atoms with Crippen LogP contribution in [0.1, 0.15) is 91.4 Å². The van der Waals surface area contributed by atoms with E-state index in [0.29, 0.717) is 70.6 Å². The van der Waals surface area contributed by atoms with Gasteiger partial charge in [-0.15, -0.1) is 0 Å². The SMILES string of the molecule is COc1cc(CN2CCN(C3CC4(CCN(c5ccc(C(=O)NS(=O)(=O)c6ccc(NC[C@H]7CC[C@](C)(O)CC7)c([N+](=O)[O-])c6)c(N6C[C@H]7COCCN7c7nc8[nH]ccc8cc76)c5)CC4)C3)[C@H](c3ccccc3C)C2)cnc1N1CCOCC1. The summed E-state index contributed by atoms with van der Waals surface area (Å²) in [5.74, 6) is 1.75. The number of anilines is 6. The smallest absolute Gasteiger partial charge is 0.293 e. The fourth-order valence-electron chi connectivity index (χ4n) is 14.6. The molecule has 4 saturated heterocycles. The van der Waals surface area contributed by atoms with Crippen molar-refractivity contribution >= 4 is 67.0 Å². The quantitative estimate of drug-likeness (QED) is 0.0562. The molecule has 2 atom stereocenters. The molecule has 0 unspecified atom stereocenters. The predicted molar refractivity (Wildman–Crippen MR) is 327 cm³/mol. The molecule has 2 aliphatic carbocycles. The van der Waals surface area contributed by atoms with Crippen molar-refractivity contribution in [1.29, 1.82) is 0 Å². The highest BCUT2D eigenvalue weighted by molar-refractivity contribution is 7.90. The number of amides is 1. The lowest BCUT2D eigenvalue weighted by Gasteiger charge is -2.58. The lowest BCUT2D eigenvalue weighted by molar-refractivity contribution is -0.384. The summed E-state index contributed by atoms with van der Waals surface area (Å²) in [4.78, 5) is 53.9. The van der Waals surface area contributed by atoms with Gasteiger partial charge in [-0.1, -0.05) is 24.3 Å². The number of nitro groups is 1. The summed E-state index contributed by atoms with van der Waals surface area (Å²) in [5.41, 5.74) is 6.19. The minimum atomic E-state index is -4.62. The number of rotatable bonds is 15. The number of hydrogen-bond acceptors (Lipinski definition) is 18. The molecule has 1 amide bonds. The van der Waals surface area contributed by atoms with Crippen LogP contribution in [0.2, 0.25) is 0 Å². The molecular weight excluding hydrogens is 1100 g/mol. The Morgan fingerprint density at radius 3 is 2.44 bits per heavy atom. The molecule has 450 valence electrons. The minimum absolute atomic E-state index is 0.112. The second-order valence-electron chi connectivity index (χ2n) is 25.0. The predicted octanol–water partition coefficient (Wildman–Crippen LogP) is 8.16. The van der Waals surface area contributed by atoms with Gasteiger partial charge in [-0.25, -0.2) is 23.1 Å².